The molecule has 7 heteroatoms. The normalized spacial score (nSPS) is 22.8. The van der Waals surface area contributed by atoms with Crippen LogP contribution in [0.25, 0.3) is 10.9 Å². The largest absolute Gasteiger partial charge is 0.361 e. The maximum Gasteiger partial charge on any atom is 0.227 e. The predicted molar refractivity (Wildman–Crippen MR) is 113 cm³/mol. The molecule has 2 aromatic rings. The van der Waals surface area contributed by atoms with Gasteiger partial charge in [-0.3, -0.25) is 9.59 Å². The summed E-state index contributed by atoms with van der Waals surface area (Å²) in [6.45, 7) is 5.62. The lowest BCUT2D eigenvalue weighted by atomic mass is 9.92. The van der Waals surface area contributed by atoms with Crippen molar-refractivity contribution in [3.8, 4) is 0 Å². The van der Waals surface area contributed by atoms with Gasteiger partial charge in [-0.25, -0.2) is 0 Å². The Morgan fingerprint density at radius 3 is 2.57 bits per heavy atom. The quantitative estimate of drug-likeness (QED) is 0.823. The van der Waals surface area contributed by atoms with Gasteiger partial charge in [0.25, 0.3) is 0 Å². The number of halogens is 1. The van der Waals surface area contributed by atoms with E-state index < -0.39 is 0 Å². The highest BCUT2D eigenvalue weighted by Crippen LogP contribution is 2.21. The number of nitrogens with one attached hydrogen (secondary N) is 2. The maximum atomic E-state index is 12.8. The van der Waals surface area contributed by atoms with Crippen molar-refractivity contribution in [3.05, 3.63) is 36.0 Å². The molecule has 4 rings (SSSR count). The highest BCUT2D eigenvalue weighted by atomic mass is 35.5. The van der Waals surface area contributed by atoms with Gasteiger partial charge in [0.1, 0.15) is 0 Å². The number of benzene rings is 1. The zero-order valence-corrected chi connectivity index (χ0v) is 17.1. The molecule has 3 heterocycles. The average molecular weight is 405 g/mol. The lowest BCUT2D eigenvalue weighted by Gasteiger charge is -2.38. The third kappa shape index (κ3) is 4.33. The van der Waals surface area contributed by atoms with Crippen molar-refractivity contribution in [1.82, 2.24) is 20.1 Å². The summed E-state index contributed by atoms with van der Waals surface area (Å²) in [5.74, 6) is 0.546. The van der Waals surface area contributed by atoms with Crippen LogP contribution in [0.1, 0.15) is 25.3 Å². The highest BCUT2D eigenvalue weighted by molar-refractivity contribution is 5.89. The van der Waals surface area contributed by atoms with E-state index in [4.69, 9.17) is 0 Å². The van der Waals surface area contributed by atoms with Gasteiger partial charge in [-0.1, -0.05) is 18.2 Å². The Bertz CT molecular complexity index is 829. The number of rotatable bonds is 3. The third-order valence-electron chi connectivity index (χ3n) is 5.93. The van der Waals surface area contributed by atoms with Gasteiger partial charge in [-0.15, -0.1) is 12.4 Å². The van der Waals surface area contributed by atoms with E-state index in [1.165, 1.54) is 0 Å². The first kappa shape index (κ1) is 20.7. The fourth-order valence-corrected chi connectivity index (χ4v) is 4.34. The van der Waals surface area contributed by atoms with E-state index in [0.29, 0.717) is 38.6 Å². The van der Waals surface area contributed by atoms with Crippen molar-refractivity contribution in [2.45, 2.75) is 32.2 Å². The Kier molecular flexibility index (Phi) is 6.62. The standard InChI is InChI=1S/C21H28N4O2.ClH/c1-15-12-16(6-7-22-15)21(27)25-10-8-24(9-11-25)20(26)13-17-14-23-19-5-3-2-4-18(17)19;/h2-5,14-16,22-23H,6-13H2,1H3;1H/t15-,16-;/m0./s1. The third-order valence-corrected chi connectivity index (χ3v) is 5.93. The molecule has 28 heavy (non-hydrogen) atoms. The Balaban J connectivity index is 0.00000225. The summed E-state index contributed by atoms with van der Waals surface area (Å²) in [6, 6.07) is 8.46. The van der Waals surface area contributed by atoms with E-state index in [1.54, 1.807) is 0 Å². The number of piperidine rings is 1. The van der Waals surface area contributed by atoms with Crippen molar-refractivity contribution in [2.75, 3.05) is 32.7 Å². The van der Waals surface area contributed by atoms with Crippen LogP contribution in [-0.4, -0.2) is 65.4 Å². The van der Waals surface area contributed by atoms with Crippen LogP contribution in [0, 0.1) is 5.92 Å². The molecule has 1 aromatic heterocycles. The van der Waals surface area contributed by atoms with Crippen molar-refractivity contribution in [1.29, 1.82) is 0 Å². The van der Waals surface area contributed by atoms with Crippen LogP contribution in [0.15, 0.2) is 30.5 Å². The second-order valence-corrected chi connectivity index (χ2v) is 7.82. The molecular weight excluding hydrogens is 376 g/mol. The van der Waals surface area contributed by atoms with Crippen LogP contribution in [0.5, 0.6) is 0 Å². The Hall–Kier alpha value is -2.05. The number of nitrogens with zero attached hydrogens (tertiary/aromatic N) is 2. The topological polar surface area (TPSA) is 68.4 Å². The molecule has 1 aromatic carbocycles. The molecule has 0 bridgehead atoms. The van der Waals surface area contributed by atoms with Gasteiger partial charge in [-0.05, 0) is 37.9 Å². The van der Waals surface area contributed by atoms with E-state index >= 15 is 0 Å². The van der Waals surface area contributed by atoms with E-state index in [-0.39, 0.29) is 30.1 Å². The van der Waals surface area contributed by atoms with E-state index in [2.05, 4.69) is 17.2 Å². The number of amides is 2. The van der Waals surface area contributed by atoms with E-state index in [9.17, 15) is 9.59 Å². The monoisotopic (exact) mass is 404 g/mol. The summed E-state index contributed by atoms with van der Waals surface area (Å²) in [5.41, 5.74) is 2.10. The minimum absolute atomic E-state index is 0. The van der Waals surface area contributed by atoms with Crippen molar-refractivity contribution < 1.29 is 9.59 Å². The summed E-state index contributed by atoms with van der Waals surface area (Å²) in [5, 5.41) is 4.51. The number of H-pyrrole nitrogens is 1. The average Bonchev–Trinajstić information content (AvgIpc) is 3.10. The fraction of sp³-hybridized carbons (Fsp3) is 0.524. The van der Waals surface area contributed by atoms with Crippen LogP contribution in [0.4, 0.5) is 0 Å². The molecule has 2 saturated heterocycles. The summed E-state index contributed by atoms with van der Waals surface area (Å²) < 4.78 is 0. The Morgan fingerprint density at radius 1 is 1.11 bits per heavy atom. The van der Waals surface area contributed by atoms with Gasteiger partial charge >= 0.3 is 0 Å². The molecule has 0 saturated carbocycles. The molecule has 2 amide bonds. The predicted octanol–water partition coefficient (Wildman–Crippen LogP) is 2.19. The lowest BCUT2D eigenvalue weighted by molar-refractivity contribution is -0.142. The number of hydrogen-bond donors (Lipinski definition) is 2. The van der Waals surface area contributed by atoms with Crippen molar-refractivity contribution in [2.24, 2.45) is 5.92 Å². The van der Waals surface area contributed by atoms with Crippen LogP contribution >= 0.6 is 12.4 Å². The SMILES string of the molecule is C[C@H]1C[C@@H](C(=O)N2CCN(C(=O)Cc3c[nH]c4ccccc34)CC2)CCN1.Cl. The molecule has 6 nitrogen and oxygen atoms in total. The Morgan fingerprint density at radius 2 is 1.82 bits per heavy atom. The number of aromatic nitrogens is 1. The van der Waals surface area contributed by atoms with Crippen molar-refractivity contribution in [3.63, 3.8) is 0 Å². The molecule has 2 N–H and O–H groups in total. The number of carbonyl (C=O) groups excluding carboxylic acids is 2. The minimum Gasteiger partial charge on any atom is -0.361 e. The van der Waals surface area contributed by atoms with Gasteiger partial charge in [0.05, 0.1) is 6.42 Å². The number of hydrogen-bond acceptors (Lipinski definition) is 3. The second kappa shape index (κ2) is 8.97. The smallest absolute Gasteiger partial charge is 0.227 e. The number of fused-ring (bicyclic) bond motifs is 1. The molecular formula is C21H29ClN4O2. The van der Waals surface area contributed by atoms with Gasteiger partial charge in [-0.2, -0.15) is 0 Å². The minimum atomic E-state index is 0. The molecule has 152 valence electrons. The molecule has 2 aliphatic rings. The molecule has 2 fully saturated rings. The molecule has 0 aliphatic carbocycles. The molecule has 0 spiro atoms. The number of piperazine rings is 1. The summed E-state index contributed by atoms with van der Waals surface area (Å²) in [6.07, 6.45) is 4.17. The van der Waals surface area contributed by atoms with E-state index in [1.807, 2.05) is 40.3 Å². The first-order valence-corrected chi connectivity index (χ1v) is 9.97. The van der Waals surface area contributed by atoms with Crippen LogP contribution in [0.2, 0.25) is 0 Å². The highest BCUT2D eigenvalue weighted by Gasteiger charge is 2.31. The molecule has 0 radical (unpaired) electrons. The second-order valence-electron chi connectivity index (χ2n) is 7.82. The van der Waals surface area contributed by atoms with Crippen LogP contribution in [0.3, 0.4) is 0 Å². The zero-order valence-electron chi connectivity index (χ0n) is 16.3. The number of carbonyl (C=O) groups is 2. The first-order valence-electron chi connectivity index (χ1n) is 9.97. The Labute approximate surface area is 172 Å². The number of para-hydroxylation sites is 1. The fourth-order valence-electron chi connectivity index (χ4n) is 4.34. The molecule has 2 aliphatic heterocycles. The van der Waals surface area contributed by atoms with Gasteiger partial charge in [0.15, 0.2) is 0 Å². The van der Waals surface area contributed by atoms with Gasteiger partial charge < -0.3 is 20.1 Å². The van der Waals surface area contributed by atoms with Gasteiger partial charge in [0.2, 0.25) is 11.8 Å². The number of aromatic amines is 1. The van der Waals surface area contributed by atoms with Crippen molar-refractivity contribution >= 4 is 35.1 Å². The van der Waals surface area contributed by atoms with Gasteiger partial charge in [0, 0.05) is 55.2 Å². The molecule has 0 unspecified atom stereocenters. The first-order chi connectivity index (χ1) is 13.1. The summed E-state index contributed by atoms with van der Waals surface area (Å²) >= 11 is 0. The summed E-state index contributed by atoms with van der Waals surface area (Å²) in [4.78, 5) is 32.6. The van der Waals surface area contributed by atoms with Crippen LogP contribution < -0.4 is 5.32 Å². The molecule has 2 atom stereocenters. The zero-order chi connectivity index (χ0) is 18.8. The lowest BCUT2D eigenvalue weighted by Crippen LogP contribution is -2.53. The van der Waals surface area contributed by atoms with Crippen LogP contribution in [-0.2, 0) is 16.0 Å². The maximum absolute atomic E-state index is 12.8. The van der Waals surface area contributed by atoms with E-state index in [0.717, 1.165) is 35.9 Å². The summed E-state index contributed by atoms with van der Waals surface area (Å²) in [7, 11) is 0.